The highest BCUT2D eigenvalue weighted by molar-refractivity contribution is 5.95. The maximum atomic E-state index is 12.7. The average molecular weight is 492 g/mol. The normalized spacial score (nSPS) is 42.7. The van der Waals surface area contributed by atoms with Gasteiger partial charge >= 0.3 is 11.9 Å². The number of ether oxygens (including phenoxy) is 2. The Morgan fingerprint density at radius 3 is 2.58 bits per heavy atom. The van der Waals surface area contributed by atoms with Crippen LogP contribution >= 0.6 is 0 Å². The number of oxime groups is 1. The lowest BCUT2D eigenvalue weighted by Crippen LogP contribution is -2.54. The third-order valence-electron chi connectivity index (χ3n) is 10.6. The molecule has 36 heavy (non-hydrogen) atoms. The Bertz CT molecular complexity index is 1140. The number of hydrogen-bond acceptors (Lipinski definition) is 6. The van der Waals surface area contributed by atoms with Crippen LogP contribution in [0.4, 0.5) is 0 Å². The second-order valence-electron chi connectivity index (χ2n) is 12.2. The predicted octanol–water partition coefficient (Wildman–Crippen LogP) is 5.86. The zero-order valence-electron chi connectivity index (χ0n) is 21.8. The Labute approximate surface area is 213 Å². The van der Waals surface area contributed by atoms with E-state index in [1.165, 1.54) is 18.9 Å². The Hall–Kier alpha value is -2.47. The van der Waals surface area contributed by atoms with Gasteiger partial charge in [-0.25, -0.2) is 9.59 Å². The van der Waals surface area contributed by atoms with E-state index in [1.807, 2.05) is 37.3 Å². The Morgan fingerprint density at radius 2 is 1.83 bits per heavy atom. The molecule has 1 heterocycles. The lowest BCUT2D eigenvalue weighted by atomic mass is 9.47. The minimum Gasteiger partial charge on any atom is -0.458 e. The Balaban J connectivity index is 1.20. The van der Waals surface area contributed by atoms with E-state index < -0.39 is 5.97 Å². The van der Waals surface area contributed by atoms with Crippen molar-refractivity contribution in [3.8, 4) is 0 Å². The van der Waals surface area contributed by atoms with Gasteiger partial charge in [0.25, 0.3) is 0 Å². The molecule has 192 valence electrons. The number of esters is 1. The average Bonchev–Trinajstić information content (AvgIpc) is 3.54. The largest absolute Gasteiger partial charge is 0.458 e. The SMILES string of the molecule is CC(=O)ON=C(C)[C@]12O[C@H]1C[C@@H]1[C@H]3CC=C4C[C@@H](OC(=O)c5ccccc5)CC[C@]4(C)[C@@H]3CC[C@]12C. The molecule has 0 unspecified atom stereocenters. The highest BCUT2D eigenvalue weighted by Gasteiger charge is 2.78. The molecule has 6 heteroatoms. The third kappa shape index (κ3) is 3.36. The second-order valence-corrected chi connectivity index (χ2v) is 12.2. The maximum absolute atomic E-state index is 12.7. The van der Waals surface area contributed by atoms with Gasteiger partial charge in [0.05, 0.1) is 17.4 Å². The highest BCUT2D eigenvalue weighted by atomic mass is 16.7. The molecule has 1 aromatic carbocycles. The van der Waals surface area contributed by atoms with Crippen LogP contribution in [0.3, 0.4) is 0 Å². The van der Waals surface area contributed by atoms with Gasteiger partial charge in [0.2, 0.25) is 0 Å². The summed E-state index contributed by atoms with van der Waals surface area (Å²) in [6, 6.07) is 9.30. The van der Waals surface area contributed by atoms with Crippen LogP contribution in [0.25, 0.3) is 0 Å². The van der Waals surface area contributed by atoms with Crippen molar-refractivity contribution in [2.75, 3.05) is 0 Å². The molecule has 0 spiro atoms. The predicted molar refractivity (Wildman–Crippen MR) is 135 cm³/mol. The van der Waals surface area contributed by atoms with Gasteiger partial charge in [-0.05, 0) is 80.8 Å². The van der Waals surface area contributed by atoms with Gasteiger partial charge < -0.3 is 14.3 Å². The van der Waals surface area contributed by atoms with Crippen molar-refractivity contribution in [1.82, 2.24) is 0 Å². The summed E-state index contributed by atoms with van der Waals surface area (Å²) in [6.45, 7) is 8.19. The lowest BCUT2D eigenvalue weighted by molar-refractivity contribution is -0.141. The fraction of sp³-hybridized carbons (Fsp3) is 0.633. The van der Waals surface area contributed by atoms with Crippen molar-refractivity contribution < 1.29 is 23.9 Å². The minimum atomic E-state index is -0.394. The van der Waals surface area contributed by atoms with E-state index in [0.717, 1.165) is 44.2 Å². The molecular weight excluding hydrogens is 454 g/mol. The molecular formula is C30H37NO5. The minimum absolute atomic E-state index is 0.0106. The summed E-state index contributed by atoms with van der Waals surface area (Å²) in [5.41, 5.74) is 2.72. The van der Waals surface area contributed by atoms with Crippen LogP contribution in [0.2, 0.25) is 0 Å². The zero-order chi connectivity index (χ0) is 25.3. The van der Waals surface area contributed by atoms with Crippen molar-refractivity contribution in [3.05, 3.63) is 47.5 Å². The van der Waals surface area contributed by atoms with E-state index in [-0.39, 0.29) is 34.6 Å². The number of hydrogen-bond donors (Lipinski definition) is 0. The first-order chi connectivity index (χ1) is 17.2. The zero-order valence-corrected chi connectivity index (χ0v) is 21.8. The summed E-state index contributed by atoms with van der Waals surface area (Å²) in [7, 11) is 0. The first-order valence-corrected chi connectivity index (χ1v) is 13.5. The number of benzene rings is 1. The van der Waals surface area contributed by atoms with Crippen molar-refractivity contribution in [3.63, 3.8) is 0 Å². The molecule has 6 nitrogen and oxygen atoms in total. The number of carbonyl (C=O) groups is 2. The van der Waals surface area contributed by atoms with Crippen LogP contribution in [0, 0.1) is 28.6 Å². The molecule has 0 bridgehead atoms. The van der Waals surface area contributed by atoms with Gasteiger partial charge in [-0.1, -0.05) is 48.9 Å². The fourth-order valence-electron chi connectivity index (χ4n) is 8.81. The molecule has 0 N–H and O–H groups in total. The van der Waals surface area contributed by atoms with E-state index in [1.54, 1.807) is 0 Å². The first-order valence-electron chi connectivity index (χ1n) is 13.5. The Kier molecular flexibility index (Phi) is 5.49. The topological polar surface area (TPSA) is 77.5 Å². The number of nitrogens with zero attached hydrogens (tertiary/aromatic N) is 1. The molecule has 0 aromatic heterocycles. The monoisotopic (exact) mass is 491 g/mol. The van der Waals surface area contributed by atoms with Crippen LogP contribution < -0.4 is 0 Å². The lowest BCUT2D eigenvalue weighted by Gasteiger charge is -2.58. The maximum Gasteiger partial charge on any atom is 0.338 e. The molecule has 4 aliphatic carbocycles. The van der Waals surface area contributed by atoms with E-state index in [9.17, 15) is 9.59 Å². The molecule has 6 rings (SSSR count). The molecule has 1 saturated heterocycles. The van der Waals surface area contributed by atoms with Crippen molar-refractivity contribution >= 4 is 17.7 Å². The van der Waals surface area contributed by atoms with E-state index in [2.05, 4.69) is 25.1 Å². The standard InChI is InChI=1S/C30H37NO5/c1-18(31-36-19(2)32)30-26(35-30)17-25-23-11-10-21-16-22(34-27(33)20-8-6-5-7-9-20)12-14-28(21,3)24(23)13-15-29(25,30)4/h5-10,22-26H,11-17H2,1-4H3/t22-,23-,24+,25+,26-,28-,29+,30-/m0/s1. The number of carbonyl (C=O) groups excluding carboxylic acids is 2. The van der Waals surface area contributed by atoms with E-state index >= 15 is 0 Å². The number of allylic oxidation sites excluding steroid dienone is 1. The van der Waals surface area contributed by atoms with Crippen LogP contribution in [0.1, 0.15) is 83.0 Å². The quantitative estimate of drug-likeness (QED) is 0.132. The third-order valence-corrected chi connectivity index (χ3v) is 10.6. The van der Waals surface area contributed by atoms with Crippen LogP contribution in [0.15, 0.2) is 47.1 Å². The summed E-state index contributed by atoms with van der Waals surface area (Å²) in [4.78, 5) is 29.0. The molecule has 5 aliphatic rings. The summed E-state index contributed by atoms with van der Waals surface area (Å²) < 4.78 is 12.3. The van der Waals surface area contributed by atoms with E-state index in [4.69, 9.17) is 14.3 Å². The molecule has 1 aromatic rings. The fourth-order valence-corrected chi connectivity index (χ4v) is 8.81. The van der Waals surface area contributed by atoms with Gasteiger partial charge in [0, 0.05) is 18.8 Å². The van der Waals surface area contributed by atoms with Gasteiger partial charge in [0.15, 0.2) is 0 Å². The molecule has 8 atom stereocenters. The summed E-state index contributed by atoms with van der Waals surface area (Å²) in [5.74, 6) is 1.22. The highest BCUT2D eigenvalue weighted by Crippen LogP contribution is 2.73. The van der Waals surface area contributed by atoms with Crippen LogP contribution in [0.5, 0.6) is 0 Å². The summed E-state index contributed by atoms with van der Waals surface area (Å²) in [5, 5.41) is 4.18. The van der Waals surface area contributed by atoms with Crippen LogP contribution in [-0.4, -0.2) is 35.5 Å². The first kappa shape index (κ1) is 23.9. The van der Waals surface area contributed by atoms with Crippen molar-refractivity contribution in [2.24, 2.45) is 33.7 Å². The van der Waals surface area contributed by atoms with Crippen molar-refractivity contribution in [1.29, 1.82) is 0 Å². The molecule has 1 aliphatic heterocycles. The number of epoxide rings is 1. The number of fused-ring (bicyclic) bond motifs is 7. The molecule has 0 radical (unpaired) electrons. The van der Waals surface area contributed by atoms with E-state index in [0.29, 0.717) is 23.3 Å². The molecule has 3 saturated carbocycles. The summed E-state index contributed by atoms with van der Waals surface area (Å²) >= 11 is 0. The van der Waals surface area contributed by atoms with Crippen LogP contribution in [-0.2, 0) is 19.1 Å². The molecule has 0 amide bonds. The Morgan fingerprint density at radius 1 is 1.06 bits per heavy atom. The van der Waals surface area contributed by atoms with Gasteiger partial charge in [-0.15, -0.1) is 0 Å². The van der Waals surface area contributed by atoms with Gasteiger partial charge in [0.1, 0.15) is 11.7 Å². The van der Waals surface area contributed by atoms with Crippen molar-refractivity contribution in [2.45, 2.75) is 90.4 Å². The second kappa shape index (κ2) is 8.27. The smallest absolute Gasteiger partial charge is 0.338 e. The number of rotatable bonds is 4. The van der Waals surface area contributed by atoms with Gasteiger partial charge in [-0.3, -0.25) is 0 Å². The molecule has 4 fully saturated rings. The summed E-state index contributed by atoms with van der Waals surface area (Å²) in [6.07, 6.45) is 9.84. The van der Waals surface area contributed by atoms with Gasteiger partial charge in [-0.2, -0.15) is 0 Å².